The summed E-state index contributed by atoms with van der Waals surface area (Å²) in [7, 11) is 0. The molecule has 72 valence electrons. The molecule has 0 aromatic carbocycles. The Bertz CT molecular complexity index is 239. The minimum atomic E-state index is -1.19. The molecule has 0 aromatic heterocycles. The average molecular weight is 179 g/mol. The Morgan fingerprint density at radius 1 is 1.69 bits per heavy atom. The number of carboxylic acids is 1. The molecule has 0 radical (unpaired) electrons. The molecule has 2 aliphatic rings. The maximum absolute atomic E-state index is 9.49. The molecule has 2 aliphatic carbocycles. The molecule has 0 saturated heterocycles. The van der Waals surface area contributed by atoms with E-state index in [9.17, 15) is 9.90 Å². The van der Waals surface area contributed by atoms with Crippen LogP contribution in [0.2, 0.25) is 0 Å². The molecule has 0 amide bonds. The molecule has 13 heavy (non-hydrogen) atoms. The molecule has 0 spiro atoms. The van der Waals surface area contributed by atoms with E-state index in [0.717, 1.165) is 5.92 Å². The van der Waals surface area contributed by atoms with Gasteiger partial charge in [0.05, 0.1) is 5.97 Å². The van der Waals surface area contributed by atoms with Crippen LogP contribution in [0.3, 0.4) is 0 Å². The standard InChI is InChI=1S/C7H10.C4H6O2/c1-2-7-4-3-6(1)5-7;1-3(2)4(5)6/h1,7H,2-5H2;1H2,2H3,(H,5,6)/p-1. The summed E-state index contributed by atoms with van der Waals surface area (Å²) in [5.41, 5.74) is 1.81. The van der Waals surface area contributed by atoms with E-state index in [2.05, 4.69) is 12.7 Å². The minimum Gasteiger partial charge on any atom is -0.545 e. The van der Waals surface area contributed by atoms with Crippen LogP contribution in [0, 0.1) is 5.92 Å². The lowest BCUT2D eigenvalue weighted by Crippen LogP contribution is -2.22. The van der Waals surface area contributed by atoms with E-state index in [0.29, 0.717) is 0 Å². The number of carbonyl (C=O) groups is 1. The predicted molar refractivity (Wildman–Crippen MR) is 49.9 cm³/mol. The Labute approximate surface area is 79.0 Å². The first kappa shape index (κ1) is 10.0. The van der Waals surface area contributed by atoms with Gasteiger partial charge in [0, 0.05) is 0 Å². The number of allylic oxidation sites excluding steroid dienone is 2. The number of carboxylic acid groups (broad SMARTS) is 1. The maximum Gasteiger partial charge on any atom is 0.0666 e. The fourth-order valence-corrected chi connectivity index (χ4v) is 1.68. The van der Waals surface area contributed by atoms with Gasteiger partial charge in [-0.25, -0.2) is 0 Å². The third-order valence-corrected chi connectivity index (χ3v) is 2.51. The van der Waals surface area contributed by atoms with E-state index < -0.39 is 5.97 Å². The first-order chi connectivity index (χ1) is 6.09. The summed E-state index contributed by atoms with van der Waals surface area (Å²) in [4.78, 5) is 9.49. The number of aliphatic carboxylic acids is 1. The molecule has 1 fully saturated rings. The van der Waals surface area contributed by atoms with Crippen LogP contribution in [0.5, 0.6) is 0 Å². The van der Waals surface area contributed by atoms with Crippen LogP contribution in [0.15, 0.2) is 23.8 Å². The lowest BCUT2D eigenvalue weighted by Gasteiger charge is -1.98. The van der Waals surface area contributed by atoms with Gasteiger partial charge < -0.3 is 9.90 Å². The van der Waals surface area contributed by atoms with E-state index in [1.165, 1.54) is 32.6 Å². The Balaban J connectivity index is 0.000000133. The first-order valence-electron chi connectivity index (χ1n) is 4.64. The van der Waals surface area contributed by atoms with Crippen LogP contribution in [-0.4, -0.2) is 5.97 Å². The third kappa shape index (κ3) is 3.05. The van der Waals surface area contributed by atoms with E-state index in [1.807, 2.05) is 0 Å². The molecule has 2 nitrogen and oxygen atoms in total. The summed E-state index contributed by atoms with van der Waals surface area (Å²) >= 11 is 0. The summed E-state index contributed by atoms with van der Waals surface area (Å²) in [6.45, 7) is 4.48. The van der Waals surface area contributed by atoms with Gasteiger partial charge in [0.2, 0.25) is 0 Å². The monoisotopic (exact) mass is 179 g/mol. The van der Waals surface area contributed by atoms with Gasteiger partial charge in [0.1, 0.15) is 0 Å². The lowest BCUT2D eigenvalue weighted by molar-refractivity contribution is -0.299. The largest absolute Gasteiger partial charge is 0.545 e. The summed E-state index contributed by atoms with van der Waals surface area (Å²) in [6, 6.07) is 0. The molecule has 2 heteroatoms. The van der Waals surface area contributed by atoms with Crippen molar-refractivity contribution in [2.45, 2.75) is 32.6 Å². The average Bonchev–Trinajstić information content (AvgIpc) is 2.67. The summed E-state index contributed by atoms with van der Waals surface area (Å²) in [6.07, 6.45) is 8.18. The van der Waals surface area contributed by atoms with Gasteiger partial charge in [-0.15, -0.1) is 0 Å². The second kappa shape index (κ2) is 4.26. The highest BCUT2D eigenvalue weighted by Crippen LogP contribution is 2.38. The summed E-state index contributed by atoms with van der Waals surface area (Å²) in [5.74, 6) is -0.106. The van der Waals surface area contributed by atoms with Gasteiger partial charge in [-0.1, -0.05) is 18.2 Å². The number of carbonyl (C=O) groups excluding carboxylic acids is 1. The van der Waals surface area contributed by atoms with Gasteiger partial charge >= 0.3 is 0 Å². The molecule has 0 aromatic rings. The van der Waals surface area contributed by atoms with Crippen molar-refractivity contribution in [1.82, 2.24) is 0 Å². The second-order valence-corrected chi connectivity index (χ2v) is 3.77. The smallest absolute Gasteiger partial charge is 0.0666 e. The Morgan fingerprint density at radius 3 is 2.38 bits per heavy atom. The van der Waals surface area contributed by atoms with Crippen molar-refractivity contribution in [2.75, 3.05) is 0 Å². The summed E-state index contributed by atoms with van der Waals surface area (Å²) in [5, 5.41) is 9.49. The van der Waals surface area contributed by atoms with Gasteiger partial charge in [0.25, 0.3) is 0 Å². The van der Waals surface area contributed by atoms with Crippen LogP contribution in [-0.2, 0) is 4.79 Å². The predicted octanol–water partition coefficient (Wildman–Crippen LogP) is 1.43. The van der Waals surface area contributed by atoms with Crippen molar-refractivity contribution in [1.29, 1.82) is 0 Å². The molecule has 0 heterocycles. The van der Waals surface area contributed by atoms with Crippen LogP contribution < -0.4 is 5.11 Å². The highest BCUT2D eigenvalue weighted by molar-refractivity contribution is 5.82. The quantitative estimate of drug-likeness (QED) is 0.451. The number of fused-ring (bicyclic) bond motifs is 2. The molecule has 0 aliphatic heterocycles. The van der Waals surface area contributed by atoms with Gasteiger partial charge in [0.15, 0.2) is 0 Å². The SMILES string of the molecule is C1=C2CCC(C1)C2.C=C(C)C(=O)[O-]. The van der Waals surface area contributed by atoms with Gasteiger partial charge in [-0.2, -0.15) is 0 Å². The van der Waals surface area contributed by atoms with Crippen molar-refractivity contribution < 1.29 is 9.90 Å². The molecule has 0 N–H and O–H groups in total. The van der Waals surface area contributed by atoms with Crippen molar-refractivity contribution in [3.8, 4) is 0 Å². The zero-order valence-electron chi connectivity index (χ0n) is 8.01. The Hall–Kier alpha value is -1.05. The fourth-order valence-electron chi connectivity index (χ4n) is 1.68. The van der Waals surface area contributed by atoms with Crippen LogP contribution in [0.25, 0.3) is 0 Å². The molecule has 2 rings (SSSR count). The first-order valence-corrected chi connectivity index (χ1v) is 4.64. The minimum absolute atomic E-state index is 0.0648. The van der Waals surface area contributed by atoms with E-state index in [1.54, 1.807) is 5.57 Å². The maximum atomic E-state index is 9.49. The van der Waals surface area contributed by atoms with E-state index in [4.69, 9.17) is 0 Å². The highest BCUT2D eigenvalue weighted by Gasteiger charge is 2.22. The highest BCUT2D eigenvalue weighted by atomic mass is 16.4. The normalized spacial score (nSPS) is 23.2. The third-order valence-electron chi connectivity index (χ3n) is 2.51. The van der Waals surface area contributed by atoms with Crippen LogP contribution in [0.4, 0.5) is 0 Å². The molecular formula is C11H15O2-. The zero-order valence-corrected chi connectivity index (χ0v) is 8.01. The summed E-state index contributed by atoms with van der Waals surface area (Å²) < 4.78 is 0. The zero-order chi connectivity index (χ0) is 9.84. The second-order valence-electron chi connectivity index (χ2n) is 3.77. The molecule has 2 bridgehead atoms. The molecular weight excluding hydrogens is 164 g/mol. The number of hydrogen-bond acceptors (Lipinski definition) is 2. The van der Waals surface area contributed by atoms with E-state index in [-0.39, 0.29) is 5.57 Å². The molecule has 1 saturated carbocycles. The molecule has 1 atom stereocenters. The lowest BCUT2D eigenvalue weighted by atomic mass is 10.1. The Kier molecular flexibility index (Phi) is 3.29. The number of hydrogen-bond donors (Lipinski definition) is 0. The van der Waals surface area contributed by atoms with Crippen molar-refractivity contribution >= 4 is 5.97 Å². The van der Waals surface area contributed by atoms with Crippen LogP contribution in [0.1, 0.15) is 32.6 Å². The number of rotatable bonds is 1. The molecule has 1 unspecified atom stereocenters. The van der Waals surface area contributed by atoms with Crippen molar-refractivity contribution in [3.63, 3.8) is 0 Å². The van der Waals surface area contributed by atoms with Crippen LogP contribution >= 0.6 is 0 Å². The van der Waals surface area contributed by atoms with E-state index >= 15 is 0 Å². The fraction of sp³-hybridized carbons (Fsp3) is 0.545. The Morgan fingerprint density at radius 2 is 2.31 bits per heavy atom. The van der Waals surface area contributed by atoms with Crippen molar-refractivity contribution in [3.05, 3.63) is 23.8 Å². The van der Waals surface area contributed by atoms with Gasteiger partial charge in [-0.05, 0) is 44.1 Å². The topological polar surface area (TPSA) is 40.1 Å². The van der Waals surface area contributed by atoms with Gasteiger partial charge in [-0.3, -0.25) is 0 Å². The van der Waals surface area contributed by atoms with Crippen molar-refractivity contribution in [2.24, 2.45) is 5.92 Å².